The summed E-state index contributed by atoms with van der Waals surface area (Å²) in [6, 6.07) is 12.1. The highest BCUT2D eigenvalue weighted by Crippen LogP contribution is 2.25. The summed E-state index contributed by atoms with van der Waals surface area (Å²) in [5.41, 5.74) is 3.41. The van der Waals surface area contributed by atoms with Crippen LogP contribution in [0.4, 0.5) is 0 Å². The van der Waals surface area contributed by atoms with Crippen molar-refractivity contribution in [1.82, 2.24) is 4.31 Å². The quantitative estimate of drug-likeness (QED) is 0.519. The lowest BCUT2D eigenvalue weighted by Gasteiger charge is -2.30. The van der Waals surface area contributed by atoms with Gasteiger partial charge in [0.2, 0.25) is 15.8 Å². The summed E-state index contributed by atoms with van der Waals surface area (Å²) in [6.07, 6.45) is 0.753. The zero-order valence-corrected chi connectivity index (χ0v) is 18.4. The minimum atomic E-state index is -3.56. The Hall–Kier alpha value is -2.51. The van der Waals surface area contributed by atoms with Crippen molar-refractivity contribution in [3.8, 4) is 0 Å². The lowest BCUT2D eigenvalue weighted by molar-refractivity contribution is -0.148. The lowest BCUT2D eigenvalue weighted by Crippen LogP contribution is -2.40. The molecule has 0 saturated carbocycles. The van der Waals surface area contributed by atoms with E-state index in [4.69, 9.17) is 4.74 Å². The number of hydrogen-bond acceptors (Lipinski definition) is 5. The van der Waals surface area contributed by atoms with Crippen LogP contribution in [0, 0.1) is 26.7 Å². The molecule has 0 aromatic heterocycles. The molecule has 30 heavy (non-hydrogen) atoms. The van der Waals surface area contributed by atoms with Crippen molar-refractivity contribution < 1.29 is 22.7 Å². The molecule has 0 N–H and O–H groups in total. The zero-order chi connectivity index (χ0) is 21.9. The van der Waals surface area contributed by atoms with Gasteiger partial charge in [0, 0.05) is 18.7 Å². The van der Waals surface area contributed by atoms with Gasteiger partial charge >= 0.3 is 5.97 Å². The number of rotatable bonds is 6. The summed E-state index contributed by atoms with van der Waals surface area (Å²) in [5, 5.41) is 0. The van der Waals surface area contributed by atoms with Gasteiger partial charge in [-0.15, -0.1) is 0 Å². The summed E-state index contributed by atoms with van der Waals surface area (Å²) in [5.74, 6) is -1.06. The molecule has 160 valence electrons. The Morgan fingerprint density at radius 2 is 1.57 bits per heavy atom. The molecule has 0 unspecified atom stereocenters. The van der Waals surface area contributed by atoms with Gasteiger partial charge in [-0.3, -0.25) is 9.59 Å². The Bertz CT molecular complexity index is 1020. The van der Waals surface area contributed by atoms with Gasteiger partial charge in [0.05, 0.1) is 10.8 Å². The van der Waals surface area contributed by atoms with E-state index in [2.05, 4.69) is 0 Å². The van der Waals surface area contributed by atoms with Crippen molar-refractivity contribution in [2.45, 2.75) is 38.5 Å². The molecule has 7 heteroatoms. The number of benzene rings is 2. The van der Waals surface area contributed by atoms with Crippen molar-refractivity contribution in [1.29, 1.82) is 0 Å². The van der Waals surface area contributed by atoms with Crippen molar-refractivity contribution >= 4 is 21.8 Å². The molecule has 1 saturated heterocycles. The van der Waals surface area contributed by atoms with Crippen LogP contribution in [0.15, 0.2) is 47.4 Å². The fourth-order valence-corrected chi connectivity index (χ4v) is 5.51. The van der Waals surface area contributed by atoms with Crippen molar-refractivity contribution in [3.63, 3.8) is 0 Å². The Labute approximate surface area is 177 Å². The average molecular weight is 430 g/mol. The van der Waals surface area contributed by atoms with Gasteiger partial charge in [-0.05, 0) is 56.9 Å². The predicted octanol–water partition coefficient (Wildman–Crippen LogP) is 3.44. The average Bonchev–Trinajstić information content (AvgIpc) is 2.72. The molecule has 1 aliphatic heterocycles. The highest BCUT2D eigenvalue weighted by atomic mass is 32.2. The third-order valence-corrected chi connectivity index (χ3v) is 7.38. The second-order valence-corrected chi connectivity index (χ2v) is 9.73. The molecule has 0 radical (unpaired) electrons. The maximum atomic E-state index is 12.7. The number of esters is 1. The number of carbonyl (C=O) groups excluding carboxylic acids is 2. The summed E-state index contributed by atoms with van der Waals surface area (Å²) >= 11 is 0. The minimum Gasteiger partial charge on any atom is -0.457 e. The van der Waals surface area contributed by atoms with Crippen LogP contribution in [0.3, 0.4) is 0 Å². The topological polar surface area (TPSA) is 80.8 Å². The summed E-state index contributed by atoms with van der Waals surface area (Å²) in [6.45, 7) is 5.92. The van der Waals surface area contributed by atoms with Crippen LogP contribution in [0.1, 0.15) is 39.9 Å². The Morgan fingerprint density at radius 3 is 2.13 bits per heavy atom. The molecule has 1 aliphatic rings. The molecule has 2 aromatic carbocycles. The number of piperidine rings is 1. The molecule has 0 spiro atoms. The van der Waals surface area contributed by atoms with Gasteiger partial charge in [0.1, 0.15) is 0 Å². The Balaban J connectivity index is 1.55. The standard InChI is InChI=1S/C23H27NO5S/c1-16-13-17(2)22(18(3)14-16)21(25)15-29-23(26)19-9-11-24(12-10-19)30(27,28)20-7-5-4-6-8-20/h4-8,13-14,19H,9-12,15H2,1-3H3. The molecule has 1 heterocycles. The zero-order valence-electron chi connectivity index (χ0n) is 17.6. The first-order valence-electron chi connectivity index (χ1n) is 10.0. The molecule has 6 nitrogen and oxygen atoms in total. The van der Waals surface area contributed by atoms with E-state index in [1.807, 2.05) is 32.9 Å². The first kappa shape index (κ1) is 22.2. The fraction of sp³-hybridized carbons (Fsp3) is 0.391. The summed E-state index contributed by atoms with van der Waals surface area (Å²) in [7, 11) is -3.56. The van der Waals surface area contributed by atoms with Crippen molar-refractivity contribution in [3.05, 3.63) is 64.7 Å². The first-order valence-corrected chi connectivity index (χ1v) is 11.5. The number of sulfonamides is 1. The van der Waals surface area contributed by atoms with Crippen LogP contribution < -0.4 is 0 Å². The van der Waals surface area contributed by atoms with Gasteiger partial charge in [-0.25, -0.2) is 8.42 Å². The molecule has 0 bridgehead atoms. The van der Waals surface area contributed by atoms with Crippen molar-refractivity contribution in [2.75, 3.05) is 19.7 Å². The van der Waals surface area contributed by atoms with Gasteiger partial charge in [0.15, 0.2) is 6.61 Å². The third kappa shape index (κ3) is 4.79. The van der Waals surface area contributed by atoms with E-state index in [-0.39, 0.29) is 30.4 Å². The normalized spacial score (nSPS) is 15.7. The van der Waals surface area contributed by atoms with Gasteiger partial charge in [0.25, 0.3) is 0 Å². The van der Waals surface area contributed by atoms with Crippen LogP contribution >= 0.6 is 0 Å². The molecular formula is C23H27NO5S. The maximum Gasteiger partial charge on any atom is 0.309 e. The maximum absolute atomic E-state index is 12.7. The number of hydrogen-bond donors (Lipinski definition) is 0. The van der Waals surface area contributed by atoms with E-state index >= 15 is 0 Å². The largest absolute Gasteiger partial charge is 0.457 e. The van der Waals surface area contributed by atoms with Gasteiger partial charge < -0.3 is 4.74 Å². The highest BCUT2D eigenvalue weighted by Gasteiger charge is 2.33. The predicted molar refractivity (Wildman–Crippen MR) is 114 cm³/mol. The van der Waals surface area contributed by atoms with E-state index in [0.29, 0.717) is 18.4 Å². The van der Waals surface area contributed by atoms with Crippen molar-refractivity contribution in [2.24, 2.45) is 5.92 Å². The number of nitrogens with zero attached hydrogens (tertiary/aromatic N) is 1. The van der Waals surface area contributed by atoms with Crippen LogP contribution in [0.5, 0.6) is 0 Å². The van der Waals surface area contributed by atoms with E-state index < -0.39 is 21.9 Å². The lowest BCUT2D eigenvalue weighted by atomic mass is 9.96. The van der Waals surface area contributed by atoms with Gasteiger partial charge in [-0.2, -0.15) is 4.31 Å². The molecule has 0 aliphatic carbocycles. The molecular weight excluding hydrogens is 402 g/mol. The number of ketones is 1. The van der Waals surface area contributed by atoms with E-state index in [1.165, 1.54) is 4.31 Å². The molecule has 0 amide bonds. The number of carbonyl (C=O) groups is 2. The third-order valence-electron chi connectivity index (χ3n) is 5.47. The van der Waals surface area contributed by atoms with Crippen LogP contribution in [0.25, 0.3) is 0 Å². The minimum absolute atomic E-state index is 0.220. The van der Waals surface area contributed by atoms with Crippen LogP contribution in [-0.4, -0.2) is 44.2 Å². The number of ether oxygens (including phenoxy) is 1. The van der Waals surface area contributed by atoms with Crippen LogP contribution in [0.2, 0.25) is 0 Å². The molecule has 0 atom stereocenters. The number of Topliss-reactive ketones (excluding diaryl/α,β-unsaturated/α-hetero) is 1. The molecule has 1 fully saturated rings. The number of aryl methyl sites for hydroxylation is 3. The van der Waals surface area contributed by atoms with E-state index in [1.54, 1.807) is 30.3 Å². The Kier molecular flexibility index (Phi) is 6.73. The summed E-state index contributed by atoms with van der Waals surface area (Å²) in [4.78, 5) is 25.3. The molecule has 2 aromatic rings. The van der Waals surface area contributed by atoms with Crippen LogP contribution in [-0.2, 0) is 19.6 Å². The SMILES string of the molecule is Cc1cc(C)c(C(=O)COC(=O)C2CCN(S(=O)(=O)c3ccccc3)CC2)c(C)c1. The molecule has 3 rings (SSSR count). The second-order valence-electron chi connectivity index (χ2n) is 7.80. The highest BCUT2D eigenvalue weighted by molar-refractivity contribution is 7.89. The van der Waals surface area contributed by atoms with E-state index in [9.17, 15) is 18.0 Å². The smallest absolute Gasteiger partial charge is 0.309 e. The fourth-order valence-electron chi connectivity index (χ4n) is 4.02. The summed E-state index contributed by atoms with van der Waals surface area (Å²) < 4.78 is 32.1. The second kappa shape index (κ2) is 9.10. The first-order chi connectivity index (χ1) is 14.2. The Morgan fingerprint density at radius 1 is 1.00 bits per heavy atom. The van der Waals surface area contributed by atoms with Gasteiger partial charge in [-0.1, -0.05) is 35.9 Å². The monoisotopic (exact) mass is 429 g/mol. The van der Waals surface area contributed by atoms with E-state index in [0.717, 1.165) is 16.7 Å².